The fourth-order valence-electron chi connectivity index (χ4n) is 6.66. The van der Waals surface area contributed by atoms with Gasteiger partial charge in [0.2, 0.25) is 0 Å². The number of ether oxygens (including phenoxy) is 4. The summed E-state index contributed by atoms with van der Waals surface area (Å²) in [5.41, 5.74) is -5.35. The maximum atomic E-state index is 13.6. The number of esters is 3. The highest BCUT2D eigenvalue weighted by Crippen LogP contribution is 2.56. The molecule has 0 amide bonds. The van der Waals surface area contributed by atoms with E-state index in [1.165, 1.54) is 13.8 Å². The largest absolute Gasteiger partial charge is 0.459 e. The summed E-state index contributed by atoms with van der Waals surface area (Å²) in [7, 11) is 0. The van der Waals surface area contributed by atoms with E-state index in [9.17, 15) is 29.4 Å². The highest BCUT2D eigenvalue weighted by atomic mass is 16.6. The SMILES string of the molecule is CCCCCCCC(=O)O[C@@H]1C(=O)C(C)=C2[C@H]1[C@@](C)(OC(C)=O)C[C@@H](OCc1ccccc1)[C@@]1(O)[C@H]2OC(=O)[C@@]1(C)O. The number of rotatable bonds is 11. The zero-order valence-corrected chi connectivity index (χ0v) is 25.0. The summed E-state index contributed by atoms with van der Waals surface area (Å²) in [5, 5.41) is 23.7. The lowest BCUT2D eigenvalue weighted by Crippen LogP contribution is -2.64. The lowest BCUT2D eigenvalue weighted by Gasteiger charge is -2.41. The Bertz CT molecular complexity index is 1240. The van der Waals surface area contributed by atoms with E-state index in [-0.39, 0.29) is 30.6 Å². The van der Waals surface area contributed by atoms with Gasteiger partial charge >= 0.3 is 17.9 Å². The molecule has 1 saturated heterocycles. The molecule has 1 aliphatic heterocycles. The van der Waals surface area contributed by atoms with E-state index in [0.717, 1.165) is 38.2 Å². The van der Waals surface area contributed by atoms with Crippen molar-refractivity contribution in [1.29, 1.82) is 0 Å². The second-order valence-electron chi connectivity index (χ2n) is 12.1. The average molecular weight is 587 g/mol. The van der Waals surface area contributed by atoms with Gasteiger partial charge in [-0.05, 0) is 43.9 Å². The Labute approximate surface area is 246 Å². The van der Waals surface area contributed by atoms with E-state index in [2.05, 4.69) is 6.92 Å². The third-order valence-corrected chi connectivity index (χ3v) is 8.94. The van der Waals surface area contributed by atoms with Crippen LogP contribution in [0.5, 0.6) is 0 Å². The number of hydrogen-bond donors (Lipinski definition) is 2. The Balaban J connectivity index is 1.75. The van der Waals surface area contributed by atoms with E-state index >= 15 is 0 Å². The fraction of sp³-hybridized carbons (Fsp3) is 0.625. The molecule has 1 heterocycles. The molecule has 2 aliphatic carbocycles. The molecule has 42 heavy (non-hydrogen) atoms. The lowest BCUT2D eigenvalue weighted by atomic mass is 9.75. The van der Waals surface area contributed by atoms with Gasteiger partial charge < -0.3 is 29.2 Å². The zero-order chi connectivity index (χ0) is 30.9. The summed E-state index contributed by atoms with van der Waals surface area (Å²) >= 11 is 0. The van der Waals surface area contributed by atoms with Gasteiger partial charge in [0.25, 0.3) is 0 Å². The van der Waals surface area contributed by atoms with Crippen LogP contribution in [0.2, 0.25) is 0 Å². The average Bonchev–Trinajstić information content (AvgIpc) is 3.24. The first kappa shape index (κ1) is 31.8. The molecule has 3 aliphatic rings. The van der Waals surface area contributed by atoms with Crippen molar-refractivity contribution in [1.82, 2.24) is 0 Å². The standard InChI is InChI=1S/C32H42O10/c1-6-7-8-9-13-16-23(34)40-27-25-24(19(2)26(27)35)28-32(38,31(5,37)29(36)41-28)22(17-30(25,4)42-20(3)33)39-18-21-14-11-10-12-15-21/h10-12,14-15,22,25,27-28,37-38H,6-9,13,16-18H2,1-5H3/t22-,25-,27+,28+,30+,31-,32-/m1/s1. The van der Waals surface area contributed by atoms with Gasteiger partial charge in [-0.3, -0.25) is 14.4 Å². The van der Waals surface area contributed by atoms with Crippen LogP contribution in [-0.4, -0.2) is 69.0 Å². The molecule has 10 nitrogen and oxygen atoms in total. The van der Waals surface area contributed by atoms with Gasteiger partial charge in [-0.2, -0.15) is 0 Å². The number of fused-ring (bicyclic) bond motifs is 3. The second-order valence-corrected chi connectivity index (χ2v) is 12.1. The van der Waals surface area contributed by atoms with Crippen molar-refractivity contribution in [3.63, 3.8) is 0 Å². The molecule has 0 aromatic heterocycles. The van der Waals surface area contributed by atoms with Crippen molar-refractivity contribution in [2.24, 2.45) is 5.92 Å². The molecule has 1 aromatic rings. The van der Waals surface area contributed by atoms with E-state index in [4.69, 9.17) is 18.9 Å². The molecule has 1 aromatic carbocycles. The van der Waals surface area contributed by atoms with Crippen LogP contribution in [0, 0.1) is 5.92 Å². The Hall–Kier alpha value is -3.08. The van der Waals surface area contributed by atoms with Gasteiger partial charge in [0.1, 0.15) is 5.60 Å². The Kier molecular flexibility index (Phi) is 9.30. The van der Waals surface area contributed by atoms with Crippen molar-refractivity contribution in [3.8, 4) is 0 Å². The third-order valence-electron chi connectivity index (χ3n) is 8.94. The highest BCUT2D eigenvalue weighted by Gasteiger charge is 2.75. The third kappa shape index (κ3) is 5.64. The normalized spacial score (nSPS) is 34.0. The molecule has 0 radical (unpaired) electrons. The number of unbranched alkanes of at least 4 members (excludes halogenated alkanes) is 4. The predicted octanol–water partition coefficient (Wildman–Crippen LogP) is 3.49. The number of benzene rings is 1. The minimum absolute atomic E-state index is 0.000961. The van der Waals surface area contributed by atoms with Crippen LogP contribution >= 0.6 is 0 Å². The van der Waals surface area contributed by atoms with Crippen LogP contribution in [0.3, 0.4) is 0 Å². The maximum Gasteiger partial charge on any atom is 0.341 e. The van der Waals surface area contributed by atoms with Gasteiger partial charge in [0, 0.05) is 19.8 Å². The number of aliphatic hydroxyl groups is 2. The topological polar surface area (TPSA) is 146 Å². The van der Waals surface area contributed by atoms with Crippen molar-refractivity contribution in [3.05, 3.63) is 47.0 Å². The van der Waals surface area contributed by atoms with E-state index in [0.29, 0.717) is 6.42 Å². The van der Waals surface area contributed by atoms with Gasteiger partial charge in [-0.15, -0.1) is 0 Å². The predicted molar refractivity (Wildman–Crippen MR) is 150 cm³/mol. The Morgan fingerprint density at radius 3 is 2.36 bits per heavy atom. The number of carbonyl (C=O) groups is 4. The summed E-state index contributed by atoms with van der Waals surface area (Å²) in [6.45, 7) is 7.52. The number of ketones is 1. The summed E-state index contributed by atoms with van der Waals surface area (Å²) in [6, 6.07) is 9.10. The highest BCUT2D eigenvalue weighted by molar-refractivity contribution is 6.04. The smallest absolute Gasteiger partial charge is 0.341 e. The molecule has 2 fully saturated rings. The van der Waals surface area contributed by atoms with Crippen LogP contribution in [-0.2, 0) is 44.7 Å². The zero-order valence-electron chi connectivity index (χ0n) is 25.0. The van der Waals surface area contributed by atoms with Gasteiger partial charge in [0.05, 0.1) is 18.6 Å². The van der Waals surface area contributed by atoms with Crippen LogP contribution < -0.4 is 0 Å². The minimum atomic E-state index is -2.44. The van der Waals surface area contributed by atoms with E-state index in [1.54, 1.807) is 6.92 Å². The van der Waals surface area contributed by atoms with Crippen molar-refractivity contribution < 1.29 is 48.3 Å². The molecular weight excluding hydrogens is 544 g/mol. The number of hydrogen-bond acceptors (Lipinski definition) is 10. The first-order chi connectivity index (χ1) is 19.8. The molecule has 0 bridgehead atoms. The first-order valence-electron chi connectivity index (χ1n) is 14.7. The molecule has 4 rings (SSSR count). The second kappa shape index (κ2) is 12.3. The molecule has 230 valence electrons. The van der Waals surface area contributed by atoms with Crippen molar-refractivity contribution >= 4 is 23.7 Å². The molecule has 1 saturated carbocycles. The summed E-state index contributed by atoms with van der Waals surface area (Å²) in [4.78, 5) is 52.1. The van der Waals surface area contributed by atoms with Crippen LogP contribution in [0.15, 0.2) is 41.5 Å². The van der Waals surface area contributed by atoms with Gasteiger partial charge in [-0.25, -0.2) is 4.79 Å². The summed E-state index contributed by atoms with van der Waals surface area (Å²) < 4.78 is 23.5. The Morgan fingerprint density at radius 1 is 1.05 bits per heavy atom. The summed E-state index contributed by atoms with van der Waals surface area (Å²) in [5.74, 6) is -3.96. The van der Waals surface area contributed by atoms with Crippen LogP contribution in [0.4, 0.5) is 0 Å². The molecule has 0 unspecified atom stereocenters. The van der Waals surface area contributed by atoms with Gasteiger partial charge in [-0.1, -0.05) is 62.9 Å². The lowest BCUT2D eigenvalue weighted by molar-refractivity contribution is -0.211. The Morgan fingerprint density at radius 2 is 1.71 bits per heavy atom. The quantitative estimate of drug-likeness (QED) is 0.224. The molecule has 10 heteroatoms. The molecule has 2 N–H and O–H groups in total. The maximum absolute atomic E-state index is 13.6. The number of carbonyl (C=O) groups excluding carboxylic acids is 4. The molecular formula is C32H42O10. The van der Waals surface area contributed by atoms with Crippen molar-refractivity contribution in [2.45, 2.75) is 121 Å². The first-order valence-corrected chi connectivity index (χ1v) is 14.7. The fourth-order valence-corrected chi connectivity index (χ4v) is 6.66. The minimum Gasteiger partial charge on any atom is -0.459 e. The van der Waals surface area contributed by atoms with Crippen LogP contribution in [0.1, 0.15) is 85.1 Å². The molecule has 0 spiro atoms. The van der Waals surface area contributed by atoms with Crippen LogP contribution in [0.25, 0.3) is 0 Å². The van der Waals surface area contributed by atoms with Gasteiger partial charge in [0.15, 0.2) is 29.2 Å². The number of Topliss-reactive ketones (excluding diaryl/α,β-unsaturated/α-hetero) is 1. The van der Waals surface area contributed by atoms with Crippen molar-refractivity contribution in [2.75, 3.05) is 0 Å². The summed E-state index contributed by atoms with van der Waals surface area (Å²) in [6.07, 6.45) is 0.223. The van der Waals surface area contributed by atoms with E-state index < -0.39 is 64.7 Å². The van der Waals surface area contributed by atoms with E-state index in [1.807, 2.05) is 30.3 Å². The monoisotopic (exact) mass is 586 g/mol. The molecule has 7 atom stereocenters.